The zero-order chi connectivity index (χ0) is 13.3. The molecule has 0 atom stereocenters. The van der Waals surface area contributed by atoms with Crippen LogP contribution in [0.5, 0.6) is 0 Å². The number of aromatic nitrogens is 3. The molecule has 1 spiro atoms. The predicted molar refractivity (Wildman–Crippen MR) is 68.1 cm³/mol. The van der Waals surface area contributed by atoms with E-state index in [-0.39, 0.29) is 12.5 Å². The van der Waals surface area contributed by atoms with Gasteiger partial charge in [0.05, 0.1) is 0 Å². The molecule has 0 bridgehead atoms. The van der Waals surface area contributed by atoms with Gasteiger partial charge < -0.3 is 14.2 Å². The van der Waals surface area contributed by atoms with Gasteiger partial charge in [-0.05, 0) is 31.1 Å². The summed E-state index contributed by atoms with van der Waals surface area (Å²) in [6.07, 6.45) is 6.63. The Morgan fingerprint density at radius 2 is 2.32 bits per heavy atom. The Labute approximate surface area is 112 Å². The molecule has 0 N–H and O–H groups in total. The molecule has 19 heavy (non-hydrogen) atoms. The fraction of sp³-hybridized carbons (Fsp3) is 0.769. The van der Waals surface area contributed by atoms with Crippen molar-refractivity contribution in [3.05, 3.63) is 12.2 Å². The van der Waals surface area contributed by atoms with E-state index in [1.165, 1.54) is 19.3 Å². The number of likely N-dealkylation sites (tertiary alicyclic amines) is 1. The quantitative estimate of drug-likeness (QED) is 0.804. The van der Waals surface area contributed by atoms with Crippen LogP contribution in [0.3, 0.4) is 0 Å². The van der Waals surface area contributed by atoms with E-state index in [9.17, 15) is 4.79 Å². The second-order valence-corrected chi connectivity index (χ2v) is 5.77. The SMILES string of the molecule is Cn1cnnc1COCC(=O)N1CCCC2(CC2)C1. The lowest BCUT2D eigenvalue weighted by atomic mass is 9.95. The minimum absolute atomic E-state index is 0.105. The second kappa shape index (κ2) is 4.92. The third-order valence-corrected chi connectivity index (χ3v) is 4.23. The molecule has 6 nitrogen and oxygen atoms in total. The number of hydrogen-bond donors (Lipinski definition) is 0. The molecule has 0 radical (unpaired) electrons. The van der Waals surface area contributed by atoms with E-state index in [0.717, 1.165) is 25.3 Å². The molecule has 2 aliphatic rings. The Morgan fingerprint density at radius 1 is 1.47 bits per heavy atom. The molecule has 0 aromatic carbocycles. The molecule has 3 rings (SSSR count). The lowest BCUT2D eigenvalue weighted by Crippen LogP contribution is -2.42. The first kappa shape index (κ1) is 12.6. The lowest BCUT2D eigenvalue weighted by molar-refractivity contribution is -0.138. The van der Waals surface area contributed by atoms with Gasteiger partial charge in [-0.15, -0.1) is 10.2 Å². The normalized spacial score (nSPS) is 20.8. The molecule has 1 saturated carbocycles. The molecular formula is C13H20N4O2. The maximum atomic E-state index is 12.1. The van der Waals surface area contributed by atoms with Crippen LogP contribution in [0.2, 0.25) is 0 Å². The predicted octanol–water partition coefficient (Wildman–Crippen LogP) is 0.734. The summed E-state index contributed by atoms with van der Waals surface area (Å²) in [6.45, 7) is 2.29. The van der Waals surface area contributed by atoms with Crippen LogP contribution in [0.25, 0.3) is 0 Å². The summed E-state index contributed by atoms with van der Waals surface area (Å²) >= 11 is 0. The van der Waals surface area contributed by atoms with Crippen molar-refractivity contribution >= 4 is 5.91 Å². The maximum Gasteiger partial charge on any atom is 0.248 e. The van der Waals surface area contributed by atoms with E-state index in [1.807, 2.05) is 11.9 Å². The monoisotopic (exact) mass is 264 g/mol. The summed E-state index contributed by atoms with van der Waals surface area (Å²) in [5, 5.41) is 7.70. The minimum Gasteiger partial charge on any atom is -0.364 e. The van der Waals surface area contributed by atoms with Gasteiger partial charge in [0.1, 0.15) is 19.5 Å². The first-order chi connectivity index (χ1) is 9.19. The molecule has 2 heterocycles. The number of piperidine rings is 1. The molecule has 6 heteroatoms. The van der Waals surface area contributed by atoms with Crippen molar-refractivity contribution in [2.45, 2.75) is 32.3 Å². The molecular weight excluding hydrogens is 244 g/mol. The summed E-state index contributed by atoms with van der Waals surface area (Å²) in [4.78, 5) is 14.1. The number of carbonyl (C=O) groups is 1. The van der Waals surface area contributed by atoms with E-state index >= 15 is 0 Å². The number of nitrogens with zero attached hydrogens (tertiary/aromatic N) is 4. The van der Waals surface area contributed by atoms with Crippen molar-refractivity contribution in [3.8, 4) is 0 Å². The number of aryl methyl sites for hydroxylation is 1. The minimum atomic E-state index is 0.105. The largest absolute Gasteiger partial charge is 0.364 e. The van der Waals surface area contributed by atoms with E-state index in [1.54, 1.807) is 10.9 Å². The van der Waals surface area contributed by atoms with Crippen molar-refractivity contribution in [2.24, 2.45) is 12.5 Å². The van der Waals surface area contributed by atoms with Crippen LogP contribution in [0.15, 0.2) is 6.33 Å². The standard InChI is InChI=1S/C13H20N4O2/c1-16-10-14-15-11(16)7-19-8-12(18)17-6-2-3-13(9-17)4-5-13/h10H,2-9H2,1H3. The van der Waals surface area contributed by atoms with Crippen molar-refractivity contribution in [1.82, 2.24) is 19.7 Å². The molecule has 1 aliphatic heterocycles. The van der Waals surface area contributed by atoms with E-state index < -0.39 is 0 Å². The van der Waals surface area contributed by atoms with Crippen LogP contribution in [-0.4, -0.2) is 45.3 Å². The number of hydrogen-bond acceptors (Lipinski definition) is 4. The molecule has 1 amide bonds. The van der Waals surface area contributed by atoms with Gasteiger partial charge in [-0.25, -0.2) is 0 Å². The van der Waals surface area contributed by atoms with E-state index in [4.69, 9.17) is 4.74 Å². The van der Waals surface area contributed by atoms with Crippen LogP contribution in [-0.2, 0) is 23.2 Å². The Balaban J connectivity index is 1.45. The molecule has 104 valence electrons. The third-order valence-electron chi connectivity index (χ3n) is 4.23. The highest BCUT2D eigenvalue weighted by atomic mass is 16.5. The summed E-state index contributed by atoms with van der Waals surface area (Å²) in [5.41, 5.74) is 0.470. The number of rotatable bonds is 4. The van der Waals surface area contributed by atoms with Crippen LogP contribution < -0.4 is 0 Å². The molecule has 1 aromatic heterocycles. The van der Waals surface area contributed by atoms with Crippen molar-refractivity contribution < 1.29 is 9.53 Å². The zero-order valence-corrected chi connectivity index (χ0v) is 11.3. The lowest BCUT2D eigenvalue weighted by Gasteiger charge is -2.32. The van der Waals surface area contributed by atoms with E-state index in [2.05, 4.69) is 10.2 Å². The van der Waals surface area contributed by atoms with E-state index in [0.29, 0.717) is 12.0 Å². The van der Waals surface area contributed by atoms with Gasteiger partial charge in [0.25, 0.3) is 0 Å². The Hall–Kier alpha value is -1.43. The van der Waals surface area contributed by atoms with Crippen molar-refractivity contribution in [1.29, 1.82) is 0 Å². The smallest absolute Gasteiger partial charge is 0.248 e. The third kappa shape index (κ3) is 2.78. The first-order valence-electron chi connectivity index (χ1n) is 6.87. The Bertz CT molecular complexity index is 467. The molecule has 1 aliphatic carbocycles. The fourth-order valence-electron chi connectivity index (χ4n) is 2.76. The highest BCUT2D eigenvalue weighted by Gasteiger charge is 2.46. The van der Waals surface area contributed by atoms with Gasteiger partial charge in [0, 0.05) is 20.1 Å². The first-order valence-corrected chi connectivity index (χ1v) is 6.87. The summed E-state index contributed by atoms with van der Waals surface area (Å²) in [5.74, 6) is 0.846. The van der Waals surface area contributed by atoms with Crippen LogP contribution >= 0.6 is 0 Å². The number of carbonyl (C=O) groups excluding carboxylic acids is 1. The highest BCUT2D eigenvalue weighted by molar-refractivity contribution is 5.77. The summed E-state index contributed by atoms with van der Waals surface area (Å²) in [6, 6.07) is 0. The summed E-state index contributed by atoms with van der Waals surface area (Å²) < 4.78 is 7.24. The van der Waals surface area contributed by atoms with Crippen LogP contribution in [0.1, 0.15) is 31.5 Å². The Kier molecular flexibility index (Phi) is 3.26. The number of amides is 1. The Morgan fingerprint density at radius 3 is 3.00 bits per heavy atom. The van der Waals surface area contributed by atoms with Gasteiger partial charge in [0.2, 0.25) is 5.91 Å². The van der Waals surface area contributed by atoms with Crippen molar-refractivity contribution in [2.75, 3.05) is 19.7 Å². The zero-order valence-electron chi connectivity index (χ0n) is 11.3. The van der Waals surface area contributed by atoms with Crippen LogP contribution in [0, 0.1) is 5.41 Å². The summed E-state index contributed by atoms with van der Waals surface area (Å²) in [7, 11) is 1.86. The molecule has 0 unspecified atom stereocenters. The highest BCUT2D eigenvalue weighted by Crippen LogP contribution is 2.51. The second-order valence-electron chi connectivity index (χ2n) is 5.77. The van der Waals surface area contributed by atoms with Crippen molar-refractivity contribution in [3.63, 3.8) is 0 Å². The van der Waals surface area contributed by atoms with Crippen LogP contribution in [0.4, 0.5) is 0 Å². The maximum absolute atomic E-state index is 12.1. The molecule has 2 fully saturated rings. The average molecular weight is 264 g/mol. The topological polar surface area (TPSA) is 60.2 Å². The van der Waals surface area contributed by atoms with Gasteiger partial charge in [-0.2, -0.15) is 0 Å². The fourth-order valence-corrected chi connectivity index (χ4v) is 2.76. The van der Waals surface area contributed by atoms with Gasteiger partial charge in [-0.1, -0.05) is 0 Å². The number of ether oxygens (including phenoxy) is 1. The molecule has 1 aromatic rings. The van der Waals surface area contributed by atoms with Gasteiger partial charge >= 0.3 is 0 Å². The average Bonchev–Trinajstić information content (AvgIpc) is 3.02. The molecule has 1 saturated heterocycles. The van der Waals surface area contributed by atoms with Gasteiger partial charge in [0.15, 0.2) is 5.82 Å². The van der Waals surface area contributed by atoms with Gasteiger partial charge in [-0.3, -0.25) is 4.79 Å².